The van der Waals surface area contributed by atoms with Gasteiger partial charge in [-0.05, 0) is 67.7 Å². The molecule has 4 unspecified atom stereocenters. The molecule has 2 bridgehead atoms. The highest BCUT2D eigenvalue weighted by Crippen LogP contribution is 2.49. The Morgan fingerprint density at radius 3 is 2.68 bits per heavy atom. The lowest BCUT2D eigenvalue weighted by molar-refractivity contribution is -0.117. The van der Waals surface area contributed by atoms with Gasteiger partial charge in [0.25, 0.3) is 0 Å². The van der Waals surface area contributed by atoms with Crippen LogP contribution < -0.4 is 14.8 Å². The Bertz CT molecular complexity index is 673. The van der Waals surface area contributed by atoms with Crippen molar-refractivity contribution in [1.29, 1.82) is 0 Å². The van der Waals surface area contributed by atoms with E-state index in [0.717, 1.165) is 17.4 Å². The highest BCUT2D eigenvalue weighted by molar-refractivity contribution is 6.32. The molecule has 3 rings (SSSR count). The Hall–Kier alpha value is -1.68. The second-order valence-corrected chi connectivity index (χ2v) is 7.61. The van der Waals surface area contributed by atoms with Crippen LogP contribution in [0.5, 0.6) is 11.5 Å². The summed E-state index contributed by atoms with van der Waals surface area (Å²) in [6.45, 7) is 2.13. The third-order valence-corrected chi connectivity index (χ3v) is 5.97. The molecule has 0 radical (unpaired) electrons. The summed E-state index contributed by atoms with van der Waals surface area (Å²) in [6, 6.07) is 3.78. The van der Waals surface area contributed by atoms with Gasteiger partial charge in [0.1, 0.15) is 0 Å². The van der Waals surface area contributed by atoms with Crippen LogP contribution in [0, 0.1) is 17.8 Å². The molecule has 0 saturated heterocycles. The third-order valence-electron chi connectivity index (χ3n) is 5.69. The maximum atomic E-state index is 12.3. The molecule has 5 heteroatoms. The molecule has 1 aromatic rings. The summed E-state index contributed by atoms with van der Waals surface area (Å²) in [6.07, 6.45) is 8.63. The summed E-state index contributed by atoms with van der Waals surface area (Å²) in [4.78, 5) is 12.3. The Morgan fingerprint density at radius 1 is 1.28 bits per heavy atom. The van der Waals surface area contributed by atoms with Crippen LogP contribution in [0.2, 0.25) is 5.02 Å². The fourth-order valence-electron chi connectivity index (χ4n) is 4.49. The molecule has 0 aromatic heterocycles. The molecule has 1 N–H and O–H groups in total. The van der Waals surface area contributed by atoms with Crippen LogP contribution in [0.3, 0.4) is 0 Å². The molecule has 2 saturated carbocycles. The van der Waals surface area contributed by atoms with Crippen molar-refractivity contribution < 1.29 is 14.3 Å². The van der Waals surface area contributed by atoms with Gasteiger partial charge in [0.2, 0.25) is 5.91 Å². The number of nitrogens with one attached hydrogen (secondary N) is 1. The van der Waals surface area contributed by atoms with Crippen molar-refractivity contribution in [2.24, 2.45) is 17.8 Å². The number of ether oxygens (including phenoxy) is 2. The van der Waals surface area contributed by atoms with Crippen molar-refractivity contribution in [3.05, 3.63) is 28.8 Å². The fraction of sp³-hybridized carbons (Fsp3) is 0.550. The number of fused-ring (bicyclic) bond motifs is 2. The van der Waals surface area contributed by atoms with Gasteiger partial charge in [-0.15, -0.1) is 0 Å². The molecule has 4 atom stereocenters. The number of rotatable bonds is 6. The summed E-state index contributed by atoms with van der Waals surface area (Å²) >= 11 is 6.20. The Labute approximate surface area is 154 Å². The summed E-state index contributed by atoms with van der Waals surface area (Å²) in [5, 5.41) is 3.58. The summed E-state index contributed by atoms with van der Waals surface area (Å²) in [7, 11) is 3.11. The van der Waals surface area contributed by atoms with E-state index in [0.29, 0.717) is 22.4 Å². The molecular formula is C20H26ClNO3. The largest absolute Gasteiger partial charge is 0.493 e. The predicted octanol–water partition coefficient (Wildman–Crippen LogP) is 4.31. The number of hydrogen-bond acceptors (Lipinski definition) is 3. The van der Waals surface area contributed by atoms with Gasteiger partial charge >= 0.3 is 0 Å². The third kappa shape index (κ3) is 3.95. The lowest BCUT2D eigenvalue weighted by Gasteiger charge is -2.28. The number of halogens is 1. The number of methoxy groups -OCH3 is 2. The Morgan fingerprint density at radius 2 is 2.08 bits per heavy atom. The maximum absolute atomic E-state index is 12.3. The van der Waals surface area contributed by atoms with Crippen molar-refractivity contribution >= 4 is 23.6 Å². The maximum Gasteiger partial charge on any atom is 0.244 e. The van der Waals surface area contributed by atoms with Crippen molar-refractivity contribution in [1.82, 2.24) is 5.32 Å². The predicted molar refractivity (Wildman–Crippen MR) is 100 cm³/mol. The first-order valence-corrected chi connectivity index (χ1v) is 9.29. The monoisotopic (exact) mass is 363 g/mol. The van der Waals surface area contributed by atoms with Gasteiger partial charge in [-0.1, -0.05) is 18.0 Å². The quantitative estimate of drug-likeness (QED) is 0.766. The molecule has 0 spiro atoms. The fourth-order valence-corrected chi connectivity index (χ4v) is 4.79. The van der Waals surface area contributed by atoms with Gasteiger partial charge in [0.15, 0.2) is 11.5 Å². The summed E-state index contributed by atoms with van der Waals surface area (Å²) < 4.78 is 10.5. The van der Waals surface area contributed by atoms with Gasteiger partial charge < -0.3 is 14.8 Å². The normalized spacial score (nSPS) is 26.0. The zero-order valence-corrected chi connectivity index (χ0v) is 15.8. The smallest absolute Gasteiger partial charge is 0.244 e. The van der Waals surface area contributed by atoms with Gasteiger partial charge in [-0.25, -0.2) is 0 Å². The highest BCUT2D eigenvalue weighted by atomic mass is 35.5. The lowest BCUT2D eigenvalue weighted by atomic mass is 9.84. The second kappa shape index (κ2) is 7.69. The molecule has 136 valence electrons. The molecular weight excluding hydrogens is 338 g/mol. The molecule has 2 aliphatic carbocycles. The summed E-state index contributed by atoms with van der Waals surface area (Å²) in [5.41, 5.74) is 0.797. The van der Waals surface area contributed by atoms with Crippen LogP contribution in [0.25, 0.3) is 6.08 Å². The lowest BCUT2D eigenvalue weighted by Crippen LogP contribution is -2.39. The first-order chi connectivity index (χ1) is 12.0. The van der Waals surface area contributed by atoms with Crippen LogP contribution in [0.15, 0.2) is 18.2 Å². The van der Waals surface area contributed by atoms with Gasteiger partial charge in [-0.2, -0.15) is 0 Å². The average Bonchev–Trinajstić information content (AvgIpc) is 3.22. The number of carbonyl (C=O) groups excluding carboxylic acids is 1. The SMILES string of the molecule is COc1cc(C=CC(=O)NC(C)C2CC3CCC2C3)cc(Cl)c1OC. The average molecular weight is 364 g/mol. The first-order valence-electron chi connectivity index (χ1n) is 8.92. The molecule has 4 nitrogen and oxygen atoms in total. The molecule has 1 amide bonds. The Balaban J connectivity index is 1.61. The van der Waals surface area contributed by atoms with Crippen LogP contribution in [0.4, 0.5) is 0 Å². The van der Waals surface area contributed by atoms with E-state index in [1.807, 2.05) is 0 Å². The Kier molecular flexibility index (Phi) is 5.57. The zero-order chi connectivity index (χ0) is 18.0. The van der Waals surface area contributed by atoms with E-state index in [1.165, 1.54) is 25.7 Å². The minimum Gasteiger partial charge on any atom is -0.493 e. The van der Waals surface area contributed by atoms with Crippen molar-refractivity contribution in [2.75, 3.05) is 14.2 Å². The van der Waals surface area contributed by atoms with Gasteiger partial charge in [0, 0.05) is 12.1 Å². The van der Waals surface area contributed by atoms with E-state index in [4.69, 9.17) is 21.1 Å². The van der Waals surface area contributed by atoms with Crippen LogP contribution in [-0.4, -0.2) is 26.2 Å². The molecule has 0 heterocycles. The zero-order valence-electron chi connectivity index (χ0n) is 15.0. The molecule has 2 fully saturated rings. The van der Waals surface area contributed by atoms with Crippen LogP contribution in [0.1, 0.15) is 38.2 Å². The van der Waals surface area contributed by atoms with E-state index in [1.54, 1.807) is 38.5 Å². The van der Waals surface area contributed by atoms with Crippen LogP contribution in [-0.2, 0) is 4.79 Å². The number of hydrogen-bond donors (Lipinski definition) is 1. The van der Waals surface area contributed by atoms with Crippen LogP contribution >= 0.6 is 11.6 Å². The van der Waals surface area contributed by atoms with E-state index in [9.17, 15) is 4.79 Å². The minimum absolute atomic E-state index is 0.0684. The molecule has 1 aromatic carbocycles. The van der Waals surface area contributed by atoms with E-state index in [2.05, 4.69) is 12.2 Å². The summed E-state index contributed by atoms with van der Waals surface area (Å²) in [5.74, 6) is 3.29. The number of carbonyl (C=O) groups is 1. The topological polar surface area (TPSA) is 47.6 Å². The van der Waals surface area contributed by atoms with Gasteiger partial charge in [-0.3, -0.25) is 4.79 Å². The standard InChI is InChI=1S/C20H26ClNO3/c1-12(16-9-13-4-6-15(16)8-13)22-19(23)7-5-14-10-17(21)20(25-3)18(11-14)24-2/h5,7,10-13,15-16H,4,6,8-9H2,1-3H3,(H,22,23). The number of benzene rings is 1. The molecule has 0 aliphatic heterocycles. The minimum atomic E-state index is -0.0684. The van der Waals surface area contributed by atoms with E-state index >= 15 is 0 Å². The van der Waals surface area contributed by atoms with Crippen molar-refractivity contribution in [3.63, 3.8) is 0 Å². The van der Waals surface area contributed by atoms with Gasteiger partial charge in [0.05, 0.1) is 19.2 Å². The highest BCUT2D eigenvalue weighted by Gasteiger charge is 2.41. The molecule has 2 aliphatic rings. The first kappa shape index (κ1) is 18.1. The van der Waals surface area contributed by atoms with Crippen molar-refractivity contribution in [3.8, 4) is 11.5 Å². The van der Waals surface area contributed by atoms with E-state index < -0.39 is 0 Å². The van der Waals surface area contributed by atoms with Crippen molar-refractivity contribution in [2.45, 2.75) is 38.6 Å². The molecule has 25 heavy (non-hydrogen) atoms. The van der Waals surface area contributed by atoms with E-state index in [-0.39, 0.29) is 11.9 Å². The number of amides is 1. The second-order valence-electron chi connectivity index (χ2n) is 7.21.